The molecule has 0 saturated carbocycles. The van der Waals surface area contributed by atoms with E-state index in [0.717, 1.165) is 54.7 Å². The van der Waals surface area contributed by atoms with Crippen molar-refractivity contribution in [3.63, 3.8) is 0 Å². The molecule has 1 aliphatic rings. The number of rotatable bonds is 5. The maximum Gasteiger partial charge on any atom is 0.257 e. The van der Waals surface area contributed by atoms with Gasteiger partial charge in [-0.1, -0.05) is 29.8 Å². The Morgan fingerprint density at radius 3 is 2.27 bits per heavy atom. The normalized spacial score (nSPS) is 14.1. The van der Waals surface area contributed by atoms with Crippen molar-refractivity contribution in [1.29, 1.82) is 0 Å². The van der Waals surface area contributed by atoms with Crippen molar-refractivity contribution in [3.05, 3.63) is 94.8 Å². The first-order valence-corrected chi connectivity index (χ1v) is 11.5. The number of amides is 1. The zero-order valence-corrected chi connectivity index (χ0v) is 19.5. The molecule has 4 rings (SSSR count). The average Bonchev–Trinajstić information content (AvgIpc) is 2.82. The fourth-order valence-electron chi connectivity index (χ4n) is 3.73. The number of piperazine rings is 1. The van der Waals surface area contributed by atoms with E-state index < -0.39 is 11.7 Å². The van der Waals surface area contributed by atoms with E-state index in [-0.39, 0.29) is 5.11 Å². The molecule has 1 fully saturated rings. The second-order valence-corrected chi connectivity index (χ2v) is 8.63. The molecular formula is C25H24ClFN4OS. The standard InChI is InChI=1S/C25H24ClFN4OS/c26-23-4-2-1-3-19(23)17-30-13-15-31(16-14-30)22-11-9-21(10-12-22)28-25(33)29-24(32)18-5-7-20(27)8-6-18/h1-12H,13-17H2,(H2,28,29,32,33). The lowest BCUT2D eigenvalue weighted by molar-refractivity contribution is 0.0977. The first kappa shape index (κ1) is 23.2. The van der Waals surface area contributed by atoms with Gasteiger partial charge in [-0.2, -0.15) is 0 Å². The third-order valence-corrected chi connectivity index (χ3v) is 6.12. The summed E-state index contributed by atoms with van der Waals surface area (Å²) in [6.07, 6.45) is 0. The van der Waals surface area contributed by atoms with Crippen LogP contribution >= 0.6 is 23.8 Å². The summed E-state index contributed by atoms with van der Waals surface area (Å²) in [5, 5.41) is 6.61. The first-order valence-electron chi connectivity index (χ1n) is 10.7. The number of hydrogen-bond donors (Lipinski definition) is 2. The lowest BCUT2D eigenvalue weighted by Gasteiger charge is -2.36. The molecule has 8 heteroatoms. The molecule has 170 valence electrons. The number of carbonyl (C=O) groups excluding carboxylic acids is 1. The second kappa shape index (κ2) is 10.7. The lowest BCUT2D eigenvalue weighted by atomic mass is 10.2. The highest BCUT2D eigenvalue weighted by atomic mass is 35.5. The third kappa shape index (κ3) is 6.28. The quantitative estimate of drug-likeness (QED) is 0.505. The highest BCUT2D eigenvalue weighted by molar-refractivity contribution is 7.80. The van der Waals surface area contributed by atoms with Gasteiger partial charge < -0.3 is 10.2 Å². The van der Waals surface area contributed by atoms with E-state index in [1.807, 2.05) is 42.5 Å². The van der Waals surface area contributed by atoms with Crippen molar-refractivity contribution in [2.75, 3.05) is 36.4 Å². The van der Waals surface area contributed by atoms with Gasteiger partial charge in [0.15, 0.2) is 5.11 Å². The average molecular weight is 483 g/mol. The Bertz CT molecular complexity index is 1120. The fourth-order valence-corrected chi connectivity index (χ4v) is 4.13. The zero-order chi connectivity index (χ0) is 23.2. The summed E-state index contributed by atoms with van der Waals surface area (Å²) in [6, 6.07) is 21.2. The predicted molar refractivity (Wildman–Crippen MR) is 135 cm³/mol. The van der Waals surface area contributed by atoms with Crippen LogP contribution in [0.25, 0.3) is 0 Å². The van der Waals surface area contributed by atoms with Crippen molar-refractivity contribution in [2.45, 2.75) is 6.54 Å². The van der Waals surface area contributed by atoms with Crippen LogP contribution in [0.1, 0.15) is 15.9 Å². The van der Waals surface area contributed by atoms with Crippen LogP contribution in [-0.4, -0.2) is 42.1 Å². The molecule has 0 unspecified atom stereocenters. The number of hydrogen-bond acceptors (Lipinski definition) is 4. The summed E-state index contributed by atoms with van der Waals surface area (Å²) in [6.45, 7) is 4.65. The Morgan fingerprint density at radius 1 is 0.939 bits per heavy atom. The number of thiocarbonyl (C=S) groups is 1. The molecule has 1 amide bonds. The van der Waals surface area contributed by atoms with Gasteiger partial charge in [0.25, 0.3) is 5.91 Å². The minimum absolute atomic E-state index is 0.185. The monoisotopic (exact) mass is 482 g/mol. The van der Waals surface area contributed by atoms with Crippen molar-refractivity contribution < 1.29 is 9.18 Å². The van der Waals surface area contributed by atoms with Crippen molar-refractivity contribution in [2.24, 2.45) is 0 Å². The Kier molecular flexibility index (Phi) is 7.54. The van der Waals surface area contributed by atoms with Gasteiger partial charge in [0.2, 0.25) is 0 Å². The summed E-state index contributed by atoms with van der Waals surface area (Å²) in [5.74, 6) is -0.784. The summed E-state index contributed by atoms with van der Waals surface area (Å²) >= 11 is 11.5. The summed E-state index contributed by atoms with van der Waals surface area (Å²) in [7, 11) is 0. The molecule has 5 nitrogen and oxygen atoms in total. The molecule has 0 bridgehead atoms. The van der Waals surface area contributed by atoms with Gasteiger partial charge in [0, 0.05) is 54.7 Å². The van der Waals surface area contributed by atoms with Gasteiger partial charge in [-0.3, -0.25) is 15.0 Å². The van der Waals surface area contributed by atoms with Crippen molar-refractivity contribution >= 4 is 46.2 Å². The van der Waals surface area contributed by atoms with E-state index in [2.05, 4.69) is 26.5 Å². The van der Waals surface area contributed by atoms with Crippen LogP contribution in [0, 0.1) is 5.82 Å². The molecule has 0 atom stereocenters. The zero-order valence-electron chi connectivity index (χ0n) is 17.9. The Hall–Kier alpha value is -3.00. The molecule has 1 saturated heterocycles. The molecule has 3 aromatic rings. The van der Waals surface area contributed by atoms with Crippen molar-refractivity contribution in [1.82, 2.24) is 10.2 Å². The molecule has 2 N–H and O–H groups in total. The lowest BCUT2D eigenvalue weighted by Crippen LogP contribution is -2.46. The smallest absolute Gasteiger partial charge is 0.257 e. The third-order valence-electron chi connectivity index (χ3n) is 5.55. The van der Waals surface area contributed by atoms with Gasteiger partial charge >= 0.3 is 0 Å². The molecule has 33 heavy (non-hydrogen) atoms. The number of nitrogens with zero attached hydrogens (tertiary/aromatic N) is 2. The molecule has 0 radical (unpaired) electrons. The van der Waals surface area contributed by atoms with Crippen LogP contribution in [0.15, 0.2) is 72.8 Å². The van der Waals surface area contributed by atoms with Crippen LogP contribution in [-0.2, 0) is 6.54 Å². The second-order valence-electron chi connectivity index (χ2n) is 7.82. The van der Waals surface area contributed by atoms with E-state index in [1.165, 1.54) is 24.3 Å². The Morgan fingerprint density at radius 2 is 1.61 bits per heavy atom. The van der Waals surface area contributed by atoms with Crippen LogP contribution in [0.3, 0.4) is 0 Å². The number of nitrogens with one attached hydrogen (secondary N) is 2. The first-order chi connectivity index (χ1) is 16.0. The largest absolute Gasteiger partial charge is 0.369 e. The van der Waals surface area contributed by atoms with Gasteiger partial charge in [-0.25, -0.2) is 4.39 Å². The molecule has 1 heterocycles. The number of carbonyl (C=O) groups is 1. The Balaban J connectivity index is 1.26. The summed E-state index contributed by atoms with van der Waals surface area (Å²) in [4.78, 5) is 17.0. The predicted octanol–water partition coefficient (Wildman–Crippen LogP) is 4.93. The van der Waals surface area contributed by atoms with E-state index in [0.29, 0.717) is 5.56 Å². The van der Waals surface area contributed by atoms with Crippen LogP contribution in [0.2, 0.25) is 5.02 Å². The number of benzene rings is 3. The highest BCUT2D eigenvalue weighted by Gasteiger charge is 2.18. The minimum atomic E-state index is -0.394. The summed E-state index contributed by atoms with van der Waals surface area (Å²) in [5.41, 5.74) is 3.41. The van der Waals surface area contributed by atoms with Gasteiger partial charge in [-0.15, -0.1) is 0 Å². The Labute approximate surface area is 203 Å². The van der Waals surface area contributed by atoms with Crippen molar-refractivity contribution in [3.8, 4) is 0 Å². The molecule has 0 aromatic heterocycles. The molecule has 1 aliphatic heterocycles. The molecular weight excluding hydrogens is 459 g/mol. The van der Waals surface area contributed by atoms with E-state index in [4.69, 9.17) is 23.8 Å². The van der Waals surface area contributed by atoms with Gasteiger partial charge in [0.1, 0.15) is 5.82 Å². The van der Waals surface area contributed by atoms with Crippen LogP contribution < -0.4 is 15.5 Å². The summed E-state index contributed by atoms with van der Waals surface area (Å²) < 4.78 is 13.0. The fraction of sp³-hybridized carbons (Fsp3) is 0.200. The molecule has 0 aliphatic carbocycles. The number of anilines is 2. The van der Waals surface area contributed by atoms with Gasteiger partial charge in [0.05, 0.1) is 0 Å². The molecule has 0 spiro atoms. The van der Waals surface area contributed by atoms with Crippen LogP contribution in [0.4, 0.5) is 15.8 Å². The van der Waals surface area contributed by atoms with Crippen LogP contribution in [0.5, 0.6) is 0 Å². The van der Waals surface area contributed by atoms with Gasteiger partial charge in [-0.05, 0) is 72.4 Å². The minimum Gasteiger partial charge on any atom is -0.369 e. The highest BCUT2D eigenvalue weighted by Crippen LogP contribution is 2.22. The maximum atomic E-state index is 13.0. The number of halogens is 2. The SMILES string of the molecule is O=C(NC(=S)Nc1ccc(N2CCN(Cc3ccccc3Cl)CC2)cc1)c1ccc(F)cc1. The van der Waals surface area contributed by atoms with E-state index >= 15 is 0 Å². The maximum absolute atomic E-state index is 13.0. The molecule has 3 aromatic carbocycles. The van der Waals surface area contributed by atoms with E-state index in [1.54, 1.807) is 0 Å². The topological polar surface area (TPSA) is 47.6 Å². The van der Waals surface area contributed by atoms with E-state index in [9.17, 15) is 9.18 Å².